The summed E-state index contributed by atoms with van der Waals surface area (Å²) in [5.74, 6) is 1.82. The van der Waals surface area contributed by atoms with Crippen molar-refractivity contribution in [2.45, 2.75) is 66.7 Å². The molecule has 0 amide bonds. The van der Waals surface area contributed by atoms with Crippen molar-refractivity contribution in [2.75, 3.05) is 13.2 Å². The van der Waals surface area contributed by atoms with Crippen molar-refractivity contribution in [1.29, 1.82) is 0 Å². The second-order valence-corrected chi connectivity index (χ2v) is 6.80. The molecule has 0 aliphatic rings. The fourth-order valence-corrected chi connectivity index (χ4v) is 2.41. The second kappa shape index (κ2) is 8.92. The van der Waals surface area contributed by atoms with Crippen LogP contribution in [0.2, 0.25) is 0 Å². The maximum atomic E-state index is 9.55. The summed E-state index contributed by atoms with van der Waals surface area (Å²) in [6, 6.07) is 0. The Hall–Kier alpha value is -0.0800. The first-order valence-electron chi connectivity index (χ1n) is 7.59. The summed E-state index contributed by atoms with van der Waals surface area (Å²) in [4.78, 5) is 0. The van der Waals surface area contributed by atoms with Gasteiger partial charge < -0.3 is 10.2 Å². The summed E-state index contributed by atoms with van der Waals surface area (Å²) >= 11 is 0. The Morgan fingerprint density at radius 1 is 0.833 bits per heavy atom. The van der Waals surface area contributed by atoms with Crippen LogP contribution in [0.25, 0.3) is 0 Å². The maximum absolute atomic E-state index is 9.55. The van der Waals surface area contributed by atoms with Crippen molar-refractivity contribution >= 4 is 0 Å². The van der Waals surface area contributed by atoms with Gasteiger partial charge in [-0.25, -0.2) is 0 Å². The van der Waals surface area contributed by atoms with Gasteiger partial charge in [0.15, 0.2) is 0 Å². The minimum atomic E-state index is -0.285. The topological polar surface area (TPSA) is 40.5 Å². The Balaban J connectivity index is 4.04. The third kappa shape index (κ3) is 6.19. The predicted molar refractivity (Wildman–Crippen MR) is 78.5 cm³/mol. The highest BCUT2D eigenvalue weighted by Crippen LogP contribution is 2.34. The summed E-state index contributed by atoms with van der Waals surface area (Å²) in [6.45, 7) is 11.2. The van der Waals surface area contributed by atoms with Crippen LogP contribution in [-0.4, -0.2) is 23.4 Å². The summed E-state index contributed by atoms with van der Waals surface area (Å²) in [7, 11) is 0. The lowest BCUT2D eigenvalue weighted by Gasteiger charge is -2.35. The largest absolute Gasteiger partial charge is 0.396 e. The highest BCUT2D eigenvalue weighted by atomic mass is 16.3. The van der Waals surface area contributed by atoms with E-state index < -0.39 is 0 Å². The predicted octanol–water partition coefficient (Wildman–Crippen LogP) is 3.86. The van der Waals surface area contributed by atoms with Gasteiger partial charge in [-0.05, 0) is 24.2 Å². The fraction of sp³-hybridized carbons (Fsp3) is 1.00. The molecule has 110 valence electrons. The molecule has 0 saturated heterocycles. The number of rotatable bonds is 10. The molecule has 0 radical (unpaired) electrons. The Labute approximate surface area is 114 Å². The van der Waals surface area contributed by atoms with E-state index in [9.17, 15) is 10.2 Å². The molecule has 0 saturated carbocycles. The van der Waals surface area contributed by atoms with E-state index in [4.69, 9.17) is 0 Å². The summed E-state index contributed by atoms with van der Waals surface area (Å²) in [6.07, 6.45) is 5.91. The van der Waals surface area contributed by atoms with Gasteiger partial charge in [0.2, 0.25) is 0 Å². The molecule has 2 N–H and O–H groups in total. The average molecular weight is 258 g/mol. The zero-order valence-electron chi connectivity index (χ0n) is 13.1. The first-order valence-corrected chi connectivity index (χ1v) is 7.59. The molecule has 0 heterocycles. The first kappa shape index (κ1) is 17.9. The van der Waals surface area contributed by atoms with Gasteiger partial charge in [0.05, 0.1) is 13.2 Å². The van der Waals surface area contributed by atoms with Crippen molar-refractivity contribution in [1.82, 2.24) is 0 Å². The van der Waals surface area contributed by atoms with E-state index >= 15 is 0 Å². The van der Waals surface area contributed by atoms with E-state index in [1.165, 1.54) is 19.3 Å². The smallest absolute Gasteiger partial charge is 0.0511 e. The van der Waals surface area contributed by atoms with Crippen molar-refractivity contribution in [2.24, 2.45) is 23.2 Å². The maximum Gasteiger partial charge on any atom is 0.0511 e. The molecule has 0 rings (SSSR count). The number of hydrogen-bond donors (Lipinski definition) is 2. The average Bonchev–Trinajstić information content (AvgIpc) is 2.30. The quantitative estimate of drug-likeness (QED) is 0.625. The lowest BCUT2D eigenvalue weighted by atomic mass is 9.73. The molecular formula is C16H34O2. The van der Waals surface area contributed by atoms with Crippen LogP contribution in [0.3, 0.4) is 0 Å². The molecule has 0 aromatic rings. The van der Waals surface area contributed by atoms with Crippen LogP contribution in [0.1, 0.15) is 66.7 Å². The highest BCUT2D eigenvalue weighted by Gasteiger charge is 2.32. The summed E-state index contributed by atoms with van der Waals surface area (Å²) < 4.78 is 0. The van der Waals surface area contributed by atoms with E-state index in [0.29, 0.717) is 11.8 Å². The Bertz CT molecular complexity index is 195. The molecule has 1 unspecified atom stereocenters. The Morgan fingerprint density at radius 2 is 1.39 bits per heavy atom. The number of aliphatic hydroxyl groups is 2. The summed E-state index contributed by atoms with van der Waals surface area (Å²) in [5.41, 5.74) is -0.285. The molecule has 0 aliphatic heterocycles. The van der Waals surface area contributed by atoms with Crippen molar-refractivity contribution in [3.63, 3.8) is 0 Å². The molecule has 2 nitrogen and oxygen atoms in total. The minimum Gasteiger partial charge on any atom is -0.396 e. The van der Waals surface area contributed by atoms with Crippen molar-refractivity contribution in [3.8, 4) is 0 Å². The van der Waals surface area contributed by atoms with E-state index in [1.807, 2.05) is 0 Å². The van der Waals surface area contributed by atoms with Crippen LogP contribution < -0.4 is 0 Å². The molecule has 2 heteroatoms. The van der Waals surface area contributed by atoms with Crippen LogP contribution in [0, 0.1) is 23.2 Å². The van der Waals surface area contributed by atoms with Crippen LogP contribution in [0.15, 0.2) is 0 Å². The molecule has 1 atom stereocenters. The minimum absolute atomic E-state index is 0.0971. The molecule has 0 aromatic heterocycles. The second-order valence-electron chi connectivity index (χ2n) is 6.80. The molecule has 0 bridgehead atoms. The molecule has 0 spiro atoms. The van der Waals surface area contributed by atoms with E-state index in [-0.39, 0.29) is 18.6 Å². The third-order valence-corrected chi connectivity index (χ3v) is 4.47. The third-order valence-electron chi connectivity index (χ3n) is 4.47. The van der Waals surface area contributed by atoms with E-state index in [0.717, 1.165) is 18.8 Å². The van der Waals surface area contributed by atoms with Gasteiger partial charge >= 0.3 is 0 Å². The molecule has 18 heavy (non-hydrogen) atoms. The van der Waals surface area contributed by atoms with Gasteiger partial charge in [0.25, 0.3) is 0 Å². The first-order chi connectivity index (χ1) is 8.38. The van der Waals surface area contributed by atoms with Crippen LogP contribution >= 0.6 is 0 Å². The Morgan fingerprint density at radius 3 is 1.78 bits per heavy atom. The van der Waals surface area contributed by atoms with Gasteiger partial charge in [-0.1, -0.05) is 60.3 Å². The van der Waals surface area contributed by atoms with Gasteiger partial charge in [0, 0.05) is 5.41 Å². The standard InChI is InChI=1S/C16H34O2/c1-13(2)7-6-8-15(5)9-10-16(11-17,12-18)14(3)4/h13-15,17-18H,6-12H2,1-5H3. The zero-order chi connectivity index (χ0) is 14.2. The van der Waals surface area contributed by atoms with Gasteiger partial charge in [-0.3, -0.25) is 0 Å². The van der Waals surface area contributed by atoms with E-state index in [2.05, 4.69) is 34.6 Å². The Kier molecular flexibility index (Phi) is 8.89. The monoisotopic (exact) mass is 258 g/mol. The van der Waals surface area contributed by atoms with Crippen LogP contribution in [0.5, 0.6) is 0 Å². The van der Waals surface area contributed by atoms with Gasteiger partial charge in [-0.15, -0.1) is 0 Å². The zero-order valence-corrected chi connectivity index (χ0v) is 13.1. The van der Waals surface area contributed by atoms with Crippen LogP contribution in [-0.2, 0) is 0 Å². The fourth-order valence-electron chi connectivity index (χ4n) is 2.41. The summed E-state index contributed by atoms with van der Waals surface area (Å²) in [5, 5.41) is 19.1. The number of aliphatic hydroxyl groups excluding tert-OH is 2. The molecule has 0 fully saturated rings. The lowest BCUT2D eigenvalue weighted by molar-refractivity contribution is 0.00421. The van der Waals surface area contributed by atoms with Crippen LogP contribution in [0.4, 0.5) is 0 Å². The van der Waals surface area contributed by atoms with Gasteiger partial charge in [0.1, 0.15) is 0 Å². The molecule has 0 aliphatic carbocycles. The highest BCUT2D eigenvalue weighted by molar-refractivity contribution is 4.81. The van der Waals surface area contributed by atoms with E-state index in [1.54, 1.807) is 0 Å². The molecular weight excluding hydrogens is 224 g/mol. The number of hydrogen-bond acceptors (Lipinski definition) is 2. The SMILES string of the molecule is CC(C)CCCC(C)CCC(CO)(CO)C(C)C. The lowest BCUT2D eigenvalue weighted by Crippen LogP contribution is -2.35. The van der Waals surface area contributed by atoms with Crippen molar-refractivity contribution in [3.05, 3.63) is 0 Å². The molecule has 0 aromatic carbocycles. The van der Waals surface area contributed by atoms with Gasteiger partial charge in [-0.2, -0.15) is 0 Å². The normalized spacial score (nSPS) is 14.5. The van der Waals surface area contributed by atoms with Crippen molar-refractivity contribution < 1.29 is 10.2 Å².